The molecule has 0 radical (unpaired) electrons. The van der Waals surface area contributed by atoms with E-state index >= 15 is 0 Å². The lowest BCUT2D eigenvalue weighted by molar-refractivity contribution is 0.482. The number of nitrogens with zero attached hydrogens (tertiary/aromatic N) is 4. The molecule has 7 rings (SSSR count). The largest absolute Gasteiger partial charge is 0.457 e. The average Bonchev–Trinajstić information content (AvgIpc) is 3.66. The minimum atomic E-state index is 0.752. The summed E-state index contributed by atoms with van der Waals surface area (Å²) < 4.78 is 11.0. The quantitative estimate of drug-likeness (QED) is 0.124. The standard InChI is InChI=1S/C44H46N4O/c1-6-39-44(33-16-9-8-10-17-33)40(7-2)48(46-39)34-18-13-19-35(28-34)49-36-21-22-37-38-27-32(15-12-11-14-30(3)4)20-23-41(38)47(42(37)29-36)43-26-31(5)24-25-45-43/h8-10,13,16-30H,6-7,11-12,14-15H2,1-5H3. The van der Waals surface area contributed by atoms with E-state index in [0.29, 0.717) is 0 Å². The van der Waals surface area contributed by atoms with Crippen molar-refractivity contribution in [3.05, 3.63) is 132 Å². The summed E-state index contributed by atoms with van der Waals surface area (Å²) >= 11 is 0. The van der Waals surface area contributed by atoms with E-state index in [-0.39, 0.29) is 0 Å². The molecule has 4 aromatic carbocycles. The van der Waals surface area contributed by atoms with Crippen LogP contribution in [-0.4, -0.2) is 19.3 Å². The van der Waals surface area contributed by atoms with E-state index in [1.165, 1.54) is 58.0 Å². The number of fused-ring (bicyclic) bond motifs is 3. The Balaban J connectivity index is 1.26. The molecule has 0 aliphatic rings. The van der Waals surface area contributed by atoms with Gasteiger partial charge in [-0.1, -0.05) is 83.0 Å². The molecule has 0 N–H and O–H groups in total. The second-order valence-electron chi connectivity index (χ2n) is 13.5. The molecule has 0 aliphatic carbocycles. The van der Waals surface area contributed by atoms with Crippen molar-refractivity contribution >= 4 is 21.8 Å². The van der Waals surface area contributed by atoms with Gasteiger partial charge in [0.05, 0.1) is 28.1 Å². The molecule has 0 unspecified atom stereocenters. The zero-order chi connectivity index (χ0) is 33.9. The van der Waals surface area contributed by atoms with Crippen LogP contribution in [0.4, 0.5) is 0 Å². The van der Waals surface area contributed by atoms with Gasteiger partial charge in [0.2, 0.25) is 0 Å². The Bertz CT molecular complexity index is 2220. The monoisotopic (exact) mass is 646 g/mol. The van der Waals surface area contributed by atoms with Gasteiger partial charge in [0.15, 0.2) is 0 Å². The molecule has 3 heterocycles. The number of unbranched alkanes of at least 4 members (excludes halogenated alkanes) is 1. The first kappa shape index (κ1) is 32.4. The summed E-state index contributed by atoms with van der Waals surface area (Å²) in [6.45, 7) is 11.1. The van der Waals surface area contributed by atoms with Crippen molar-refractivity contribution in [1.82, 2.24) is 19.3 Å². The number of ether oxygens (including phenoxy) is 1. The molecular weight excluding hydrogens is 601 g/mol. The minimum Gasteiger partial charge on any atom is -0.457 e. The van der Waals surface area contributed by atoms with E-state index < -0.39 is 0 Å². The van der Waals surface area contributed by atoms with Crippen molar-refractivity contribution in [1.29, 1.82) is 0 Å². The molecule has 49 heavy (non-hydrogen) atoms. The molecule has 0 aliphatic heterocycles. The Morgan fingerprint density at radius 3 is 2.35 bits per heavy atom. The summed E-state index contributed by atoms with van der Waals surface area (Å²) in [5.41, 5.74) is 10.6. The van der Waals surface area contributed by atoms with Gasteiger partial charge in [-0.3, -0.25) is 4.57 Å². The maximum atomic E-state index is 6.61. The van der Waals surface area contributed by atoms with Crippen LogP contribution in [0.3, 0.4) is 0 Å². The summed E-state index contributed by atoms with van der Waals surface area (Å²) in [5, 5.41) is 7.55. The smallest absolute Gasteiger partial charge is 0.137 e. The van der Waals surface area contributed by atoms with Crippen molar-refractivity contribution in [2.24, 2.45) is 5.92 Å². The van der Waals surface area contributed by atoms with Crippen LogP contribution in [0.1, 0.15) is 69.5 Å². The lowest BCUT2D eigenvalue weighted by atomic mass is 10.0. The fourth-order valence-electron chi connectivity index (χ4n) is 7.08. The van der Waals surface area contributed by atoms with Crippen molar-refractivity contribution < 1.29 is 4.74 Å². The summed E-state index contributed by atoms with van der Waals surface area (Å²) in [5.74, 6) is 3.22. The van der Waals surface area contributed by atoms with E-state index in [1.54, 1.807) is 0 Å². The molecule has 5 nitrogen and oxygen atoms in total. The summed E-state index contributed by atoms with van der Waals surface area (Å²) in [6, 6.07) is 36.5. The molecule has 0 saturated carbocycles. The Morgan fingerprint density at radius 1 is 0.735 bits per heavy atom. The summed E-state index contributed by atoms with van der Waals surface area (Å²) in [4.78, 5) is 4.81. The Labute approximate surface area is 290 Å². The van der Waals surface area contributed by atoms with Gasteiger partial charge in [-0.25, -0.2) is 9.67 Å². The maximum absolute atomic E-state index is 6.61. The third-order valence-corrected chi connectivity index (χ3v) is 9.51. The maximum Gasteiger partial charge on any atom is 0.137 e. The van der Waals surface area contributed by atoms with E-state index in [9.17, 15) is 0 Å². The molecule has 0 bridgehead atoms. The molecule has 0 atom stereocenters. The molecule has 0 saturated heterocycles. The van der Waals surface area contributed by atoms with Crippen LogP contribution in [0.2, 0.25) is 0 Å². The molecule has 248 valence electrons. The zero-order valence-electron chi connectivity index (χ0n) is 29.4. The first-order valence-electron chi connectivity index (χ1n) is 17.9. The molecule has 7 aromatic rings. The second kappa shape index (κ2) is 14.1. The molecule has 0 amide bonds. The molecular formula is C44H46N4O. The van der Waals surface area contributed by atoms with E-state index in [2.05, 4.69) is 135 Å². The zero-order valence-corrected chi connectivity index (χ0v) is 29.4. The van der Waals surface area contributed by atoms with Crippen LogP contribution in [0.25, 0.3) is 44.4 Å². The highest BCUT2D eigenvalue weighted by atomic mass is 16.5. The lowest BCUT2D eigenvalue weighted by Gasteiger charge is -2.12. The van der Waals surface area contributed by atoms with Crippen LogP contribution in [0.15, 0.2) is 109 Å². The van der Waals surface area contributed by atoms with Crippen molar-refractivity contribution in [3.8, 4) is 34.1 Å². The van der Waals surface area contributed by atoms with Gasteiger partial charge in [-0.05, 0) is 104 Å². The number of benzene rings is 4. The molecule has 3 aromatic heterocycles. The predicted molar refractivity (Wildman–Crippen MR) is 204 cm³/mol. The van der Waals surface area contributed by atoms with Gasteiger partial charge in [0.1, 0.15) is 17.3 Å². The Kier molecular flexibility index (Phi) is 9.34. The first-order chi connectivity index (χ1) is 23.9. The number of hydrogen-bond donors (Lipinski definition) is 0. The van der Waals surface area contributed by atoms with E-state index in [1.807, 2.05) is 18.3 Å². The molecule has 0 spiro atoms. The highest BCUT2D eigenvalue weighted by Crippen LogP contribution is 2.37. The van der Waals surface area contributed by atoms with Gasteiger partial charge in [0.25, 0.3) is 0 Å². The second-order valence-corrected chi connectivity index (χ2v) is 13.5. The van der Waals surface area contributed by atoms with Gasteiger partial charge in [-0.15, -0.1) is 0 Å². The highest BCUT2D eigenvalue weighted by molar-refractivity contribution is 6.09. The van der Waals surface area contributed by atoms with E-state index in [4.69, 9.17) is 14.8 Å². The number of pyridine rings is 1. The number of aryl methyl sites for hydroxylation is 3. The molecule has 0 fully saturated rings. The minimum absolute atomic E-state index is 0.752. The van der Waals surface area contributed by atoms with Crippen molar-refractivity contribution in [2.45, 2.75) is 73.1 Å². The topological polar surface area (TPSA) is 44.9 Å². The van der Waals surface area contributed by atoms with Crippen LogP contribution in [-0.2, 0) is 19.3 Å². The van der Waals surface area contributed by atoms with Crippen molar-refractivity contribution in [3.63, 3.8) is 0 Å². The lowest BCUT2D eigenvalue weighted by Crippen LogP contribution is -2.02. The highest BCUT2D eigenvalue weighted by Gasteiger charge is 2.19. The molecule has 5 heteroatoms. The number of rotatable bonds is 12. The van der Waals surface area contributed by atoms with Gasteiger partial charge in [-0.2, -0.15) is 5.10 Å². The predicted octanol–water partition coefficient (Wildman–Crippen LogP) is 11.6. The van der Waals surface area contributed by atoms with Crippen molar-refractivity contribution in [2.75, 3.05) is 0 Å². The normalized spacial score (nSPS) is 11.6. The summed E-state index contributed by atoms with van der Waals surface area (Å²) in [7, 11) is 0. The van der Waals surface area contributed by atoms with Crippen LogP contribution < -0.4 is 4.74 Å². The van der Waals surface area contributed by atoms with Gasteiger partial charge < -0.3 is 4.74 Å². The van der Waals surface area contributed by atoms with Crippen LogP contribution in [0.5, 0.6) is 11.5 Å². The van der Waals surface area contributed by atoms with E-state index in [0.717, 1.165) is 64.9 Å². The Morgan fingerprint density at radius 2 is 1.57 bits per heavy atom. The van der Waals surface area contributed by atoms with Crippen LogP contribution >= 0.6 is 0 Å². The number of aromatic nitrogens is 4. The van der Waals surface area contributed by atoms with Gasteiger partial charge >= 0.3 is 0 Å². The third-order valence-electron chi connectivity index (χ3n) is 9.51. The number of hydrogen-bond acceptors (Lipinski definition) is 3. The SMILES string of the molecule is CCc1nn(-c2cccc(Oc3ccc4c5cc(CCCCC(C)C)ccc5n(-c5cc(C)ccn5)c4c3)c2)c(CC)c1-c1ccccc1. The van der Waals surface area contributed by atoms with Crippen LogP contribution in [0, 0.1) is 12.8 Å². The average molecular weight is 647 g/mol. The van der Waals surface area contributed by atoms with Gasteiger partial charge in [0, 0.05) is 34.7 Å². The third kappa shape index (κ3) is 6.63. The first-order valence-corrected chi connectivity index (χ1v) is 17.9. The fourth-order valence-corrected chi connectivity index (χ4v) is 7.08. The Hall–Kier alpha value is -5.16. The fraction of sp³-hybridized carbons (Fsp3) is 0.273. The summed E-state index contributed by atoms with van der Waals surface area (Å²) in [6.07, 6.45) is 8.48.